The van der Waals surface area contributed by atoms with Gasteiger partial charge in [-0.2, -0.15) is 0 Å². The summed E-state index contributed by atoms with van der Waals surface area (Å²) in [6.07, 6.45) is 3.90. The molecular weight excluding hydrogens is 324 g/mol. The minimum absolute atomic E-state index is 0.119. The zero-order valence-electron chi connectivity index (χ0n) is 15.6. The van der Waals surface area contributed by atoms with Gasteiger partial charge in [0.1, 0.15) is 5.82 Å². The predicted octanol–water partition coefficient (Wildman–Crippen LogP) is 2.58. The number of aromatic nitrogens is 2. The molecule has 2 atom stereocenters. The lowest BCUT2D eigenvalue weighted by molar-refractivity contribution is -0.133. The van der Waals surface area contributed by atoms with Crippen molar-refractivity contribution in [1.29, 1.82) is 0 Å². The topological polar surface area (TPSA) is 49.3 Å². The minimum Gasteiger partial charge on any atom is -0.337 e. The van der Waals surface area contributed by atoms with Crippen LogP contribution in [0.15, 0.2) is 36.5 Å². The monoisotopic (exact) mass is 350 g/mol. The Morgan fingerprint density at radius 3 is 2.77 bits per heavy atom. The molecule has 3 heterocycles. The highest BCUT2D eigenvalue weighted by atomic mass is 16.2. The summed E-state index contributed by atoms with van der Waals surface area (Å²) in [4.78, 5) is 26.7. The fourth-order valence-corrected chi connectivity index (χ4v) is 4.02. The van der Waals surface area contributed by atoms with Crippen molar-refractivity contribution < 1.29 is 4.79 Å². The lowest BCUT2D eigenvalue weighted by Crippen LogP contribution is -2.39. The van der Waals surface area contributed by atoms with Gasteiger partial charge in [0.15, 0.2) is 0 Å². The zero-order chi connectivity index (χ0) is 18.1. The summed E-state index contributed by atoms with van der Waals surface area (Å²) in [7, 11) is 2.15. The van der Waals surface area contributed by atoms with Gasteiger partial charge in [-0.3, -0.25) is 4.79 Å². The number of benzene rings is 1. The summed E-state index contributed by atoms with van der Waals surface area (Å²) in [5, 5.41) is 0. The average Bonchev–Trinajstić information content (AvgIpc) is 3.13. The third-order valence-corrected chi connectivity index (χ3v) is 5.69. The molecule has 1 aromatic carbocycles. The van der Waals surface area contributed by atoms with Crippen molar-refractivity contribution in [2.45, 2.75) is 38.1 Å². The van der Waals surface area contributed by atoms with E-state index in [4.69, 9.17) is 4.98 Å². The number of likely N-dealkylation sites (N-methyl/N-ethyl adjacent to an activating group) is 1. The lowest BCUT2D eigenvalue weighted by Gasteiger charge is -2.30. The van der Waals surface area contributed by atoms with Crippen LogP contribution < -0.4 is 0 Å². The molecule has 0 spiro atoms. The molecule has 4 rings (SSSR count). The van der Waals surface area contributed by atoms with Gasteiger partial charge in [-0.25, -0.2) is 9.97 Å². The molecule has 136 valence electrons. The van der Waals surface area contributed by atoms with Crippen LogP contribution in [-0.2, 0) is 17.8 Å². The Kier molecular flexibility index (Phi) is 4.72. The van der Waals surface area contributed by atoms with E-state index < -0.39 is 0 Å². The summed E-state index contributed by atoms with van der Waals surface area (Å²) >= 11 is 0. The van der Waals surface area contributed by atoms with E-state index in [2.05, 4.69) is 16.9 Å². The van der Waals surface area contributed by atoms with Gasteiger partial charge in [0.25, 0.3) is 0 Å². The number of rotatable bonds is 3. The van der Waals surface area contributed by atoms with E-state index >= 15 is 0 Å². The molecule has 0 radical (unpaired) electrons. The SMILES string of the molecule is C[C@@H](C(=O)N1CCc2nc([C@H]3CCN(C)C3)ncc2C1)c1ccccc1. The van der Waals surface area contributed by atoms with Crippen LogP contribution in [0.3, 0.4) is 0 Å². The molecule has 0 unspecified atom stereocenters. The predicted molar refractivity (Wildman–Crippen MR) is 101 cm³/mol. The minimum atomic E-state index is -0.119. The van der Waals surface area contributed by atoms with E-state index in [1.165, 1.54) is 0 Å². The number of carbonyl (C=O) groups excluding carboxylic acids is 1. The Balaban J connectivity index is 1.47. The smallest absolute Gasteiger partial charge is 0.230 e. The number of carbonyl (C=O) groups is 1. The van der Waals surface area contributed by atoms with Crippen LogP contribution >= 0.6 is 0 Å². The summed E-state index contributed by atoms with van der Waals surface area (Å²) in [5.41, 5.74) is 3.29. The molecule has 0 saturated carbocycles. The van der Waals surface area contributed by atoms with Gasteiger partial charge in [0, 0.05) is 43.7 Å². The molecule has 5 nitrogen and oxygen atoms in total. The van der Waals surface area contributed by atoms with Crippen LogP contribution in [0, 0.1) is 0 Å². The van der Waals surface area contributed by atoms with Gasteiger partial charge in [-0.05, 0) is 32.5 Å². The van der Waals surface area contributed by atoms with Crippen molar-refractivity contribution in [2.75, 3.05) is 26.7 Å². The van der Waals surface area contributed by atoms with Crippen molar-refractivity contribution in [3.05, 3.63) is 59.2 Å². The second kappa shape index (κ2) is 7.16. The Hall–Kier alpha value is -2.27. The number of amides is 1. The third-order valence-electron chi connectivity index (χ3n) is 5.69. The quantitative estimate of drug-likeness (QED) is 0.854. The second-order valence-electron chi connectivity index (χ2n) is 7.59. The maximum absolute atomic E-state index is 12.9. The summed E-state index contributed by atoms with van der Waals surface area (Å²) < 4.78 is 0. The molecular formula is C21H26N4O. The van der Waals surface area contributed by atoms with E-state index in [-0.39, 0.29) is 11.8 Å². The van der Waals surface area contributed by atoms with Crippen LogP contribution in [0.5, 0.6) is 0 Å². The number of hydrogen-bond donors (Lipinski definition) is 0. The van der Waals surface area contributed by atoms with Crippen LogP contribution in [0.1, 0.15) is 47.8 Å². The molecule has 26 heavy (non-hydrogen) atoms. The second-order valence-corrected chi connectivity index (χ2v) is 7.59. The molecule has 0 N–H and O–H groups in total. The maximum Gasteiger partial charge on any atom is 0.230 e. The Morgan fingerprint density at radius 1 is 1.23 bits per heavy atom. The highest BCUT2D eigenvalue weighted by Crippen LogP contribution is 2.27. The van der Waals surface area contributed by atoms with Gasteiger partial charge >= 0.3 is 0 Å². The van der Waals surface area contributed by atoms with Crippen LogP contribution in [-0.4, -0.2) is 52.4 Å². The molecule has 1 saturated heterocycles. The van der Waals surface area contributed by atoms with E-state index in [0.29, 0.717) is 12.5 Å². The molecule has 2 aliphatic heterocycles. The molecule has 0 bridgehead atoms. The Bertz CT molecular complexity index is 792. The normalized spacial score (nSPS) is 21.5. The van der Waals surface area contributed by atoms with Crippen molar-refractivity contribution in [1.82, 2.24) is 19.8 Å². The van der Waals surface area contributed by atoms with E-state index in [1.807, 2.05) is 48.4 Å². The van der Waals surface area contributed by atoms with E-state index in [0.717, 1.165) is 55.1 Å². The fraction of sp³-hybridized carbons (Fsp3) is 0.476. The molecule has 2 aromatic rings. The van der Waals surface area contributed by atoms with Gasteiger partial charge in [-0.1, -0.05) is 30.3 Å². The van der Waals surface area contributed by atoms with Gasteiger partial charge < -0.3 is 9.80 Å². The first-order chi connectivity index (χ1) is 12.6. The highest BCUT2D eigenvalue weighted by molar-refractivity contribution is 5.83. The van der Waals surface area contributed by atoms with E-state index in [1.54, 1.807) is 0 Å². The summed E-state index contributed by atoms with van der Waals surface area (Å²) in [6.45, 7) is 5.51. The van der Waals surface area contributed by atoms with Crippen molar-refractivity contribution in [2.24, 2.45) is 0 Å². The number of fused-ring (bicyclic) bond motifs is 1. The van der Waals surface area contributed by atoms with Crippen LogP contribution in [0.25, 0.3) is 0 Å². The van der Waals surface area contributed by atoms with Crippen LogP contribution in [0.2, 0.25) is 0 Å². The largest absolute Gasteiger partial charge is 0.337 e. The van der Waals surface area contributed by atoms with Crippen molar-refractivity contribution in [3.63, 3.8) is 0 Å². The van der Waals surface area contributed by atoms with Gasteiger partial charge in [-0.15, -0.1) is 0 Å². The summed E-state index contributed by atoms with van der Waals surface area (Å²) in [5.74, 6) is 1.49. The molecule has 5 heteroatoms. The molecule has 1 amide bonds. The first-order valence-corrected chi connectivity index (χ1v) is 9.49. The standard InChI is InChI=1S/C21H26N4O/c1-15(16-6-4-3-5-7-16)21(26)25-11-9-19-18(14-25)12-22-20(23-19)17-8-10-24(2)13-17/h3-7,12,15,17H,8-11,13-14H2,1-2H3/t15-,17+/m1/s1. The zero-order valence-corrected chi connectivity index (χ0v) is 15.6. The Morgan fingerprint density at radius 2 is 2.04 bits per heavy atom. The van der Waals surface area contributed by atoms with Gasteiger partial charge in [0.2, 0.25) is 5.91 Å². The third kappa shape index (κ3) is 3.36. The van der Waals surface area contributed by atoms with Gasteiger partial charge in [0.05, 0.1) is 11.6 Å². The summed E-state index contributed by atoms with van der Waals surface area (Å²) in [6, 6.07) is 10.00. The first kappa shape index (κ1) is 17.2. The van der Waals surface area contributed by atoms with E-state index in [9.17, 15) is 4.79 Å². The van der Waals surface area contributed by atoms with Crippen molar-refractivity contribution in [3.8, 4) is 0 Å². The highest BCUT2D eigenvalue weighted by Gasteiger charge is 2.28. The molecule has 1 aromatic heterocycles. The molecule has 1 fully saturated rings. The number of likely N-dealkylation sites (tertiary alicyclic amines) is 1. The first-order valence-electron chi connectivity index (χ1n) is 9.49. The fourth-order valence-electron chi connectivity index (χ4n) is 4.02. The van der Waals surface area contributed by atoms with Crippen LogP contribution in [0.4, 0.5) is 0 Å². The molecule has 0 aliphatic carbocycles. The maximum atomic E-state index is 12.9. The van der Waals surface area contributed by atoms with Crippen molar-refractivity contribution >= 4 is 5.91 Å². The lowest BCUT2D eigenvalue weighted by atomic mass is 9.98. The average molecular weight is 350 g/mol. The number of hydrogen-bond acceptors (Lipinski definition) is 4. The molecule has 2 aliphatic rings. The Labute approximate surface area is 155 Å². The number of nitrogens with zero attached hydrogens (tertiary/aromatic N) is 4.